The molecule has 1 aromatic rings. The van der Waals surface area contributed by atoms with Gasteiger partial charge in [0.25, 0.3) is 0 Å². The zero-order valence-corrected chi connectivity index (χ0v) is 18.0. The van der Waals surface area contributed by atoms with Crippen molar-refractivity contribution < 1.29 is 27.2 Å². The molecule has 0 atom stereocenters. The lowest BCUT2D eigenvalue weighted by Crippen LogP contribution is -2.19. The maximum Gasteiger partial charge on any atom is 0.330 e. The largest absolute Gasteiger partial charge is 0.330 e. The van der Waals surface area contributed by atoms with E-state index in [9.17, 15) is 9.13 Å². The summed E-state index contributed by atoms with van der Waals surface area (Å²) in [6, 6.07) is 9.82. The second kappa shape index (κ2) is 12.1. The van der Waals surface area contributed by atoms with Crippen LogP contribution in [-0.2, 0) is 33.6 Å². The van der Waals surface area contributed by atoms with E-state index in [-0.39, 0.29) is 18.2 Å². The predicted octanol–water partition coefficient (Wildman–Crippen LogP) is 5.38. The molecule has 150 valence electrons. The molecule has 0 heterocycles. The van der Waals surface area contributed by atoms with Crippen LogP contribution in [0.1, 0.15) is 33.3 Å². The third-order valence-electron chi connectivity index (χ3n) is 3.63. The van der Waals surface area contributed by atoms with Crippen molar-refractivity contribution in [3.8, 4) is 0 Å². The van der Waals surface area contributed by atoms with Crippen LogP contribution in [0.25, 0.3) is 0 Å². The molecule has 0 radical (unpaired) electrons. The number of rotatable bonds is 14. The molecule has 8 heteroatoms. The van der Waals surface area contributed by atoms with Crippen molar-refractivity contribution in [3.63, 3.8) is 0 Å². The first-order chi connectivity index (χ1) is 12.4. The lowest BCUT2D eigenvalue weighted by atomic mass is 10.0. The molecule has 0 bridgehead atoms. The van der Waals surface area contributed by atoms with Gasteiger partial charge in [-0.25, -0.2) is 0 Å². The van der Waals surface area contributed by atoms with Gasteiger partial charge in [-0.2, -0.15) is 0 Å². The van der Waals surface area contributed by atoms with Crippen molar-refractivity contribution in [1.82, 2.24) is 0 Å². The maximum atomic E-state index is 13.0. The highest BCUT2D eigenvalue weighted by molar-refractivity contribution is 7.55. The summed E-state index contributed by atoms with van der Waals surface area (Å²) in [5.74, 6) is -0.217. The van der Waals surface area contributed by atoms with Gasteiger partial charge >= 0.3 is 15.2 Å². The quantitative estimate of drug-likeness (QED) is 0.387. The number of benzene rings is 1. The van der Waals surface area contributed by atoms with E-state index in [2.05, 4.69) is 0 Å². The van der Waals surface area contributed by atoms with Crippen molar-refractivity contribution >= 4 is 15.2 Å². The average Bonchev–Trinajstić information content (AvgIpc) is 2.56. The highest BCUT2D eigenvalue weighted by atomic mass is 31.2. The second-order valence-corrected chi connectivity index (χ2v) is 10.0. The lowest BCUT2D eigenvalue weighted by Gasteiger charge is -2.26. The van der Waals surface area contributed by atoms with Crippen molar-refractivity contribution in [1.29, 1.82) is 0 Å². The van der Waals surface area contributed by atoms with Crippen molar-refractivity contribution in [2.24, 2.45) is 5.92 Å². The van der Waals surface area contributed by atoms with E-state index in [4.69, 9.17) is 18.1 Å². The van der Waals surface area contributed by atoms with E-state index in [1.165, 1.54) is 0 Å². The minimum atomic E-state index is -3.27. The van der Waals surface area contributed by atoms with Gasteiger partial charge in [0.05, 0.1) is 38.8 Å². The van der Waals surface area contributed by atoms with E-state index in [0.29, 0.717) is 32.8 Å². The normalized spacial score (nSPS) is 12.7. The molecule has 0 N–H and O–H groups in total. The molecule has 0 aliphatic rings. The molecule has 0 amide bonds. The Morgan fingerprint density at radius 1 is 0.731 bits per heavy atom. The molecule has 0 aliphatic carbocycles. The first kappa shape index (κ1) is 23.6. The number of hydrogen-bond acceptors (Lipinski definition) is 6. The van der Waals surface area contributed by atoms with E-state index in [0.717, 1.165) is 5.56 Å². The molecule has 0 aromatic heterocycles. The fourth-order valence-electron chi connectivity index (χ4n) is 2.84. The Kier molecular flexibility index (Phi) is 10.9. The topological polar surface area (TPSA) is 71.1 Å². The van der Waals surface area contributed by atoms with Gasteiger partial charge in [-0.1, -0.05) is 30.3 Å². The Hall–Kier alpha value is -0.480. The summed E-state index contributed by atoms with van der Waals surface area (Å²) in [6.07, 6.45) is 0.941. The molecular weight excluding hydrogens is 374 g/mol. The molecule has 0 saturated heterocycles. The van der Waals surface area contributed by atoms with E-state index < -0.39 is 15.2 Å². The SMILES string of the molecule is CCOP(=O)(CC(Cc1ccccc1)CP(=O)(OCC)OCC)OCC. The molecule has 0 unspecified atom stereocenters. The summed E-state index contributed by atoms with van der Waals surface area (Å²) in [5.41, 5.74) is 1.07. The minimum Gasteiger partial charge on any atom is -0.309 e. The highest BCUT2D eigenvalue weighted by Gasteiger charge is 2.35. The van der Waals surface area contributed by atoms with Gasteiger partial charge in [-0.15, -0.1) is 0 Å². The number of hydrogen-bond donors (Lipinski definition) is 0. The Morgan fingerprint density at radius 2 is 1.12 bits per heavy atom. The van der Waals surface area contributed by atoms with Crippen LogP contribution in [0.15, 0.2) is 30.3 Å². The Bertz CT molecular complexity index is 541. The fourth-order valence-corrected chi connectivity index (χ4v) is 6.97. The molecule has 0 saturated carbocycles. The molecule has 6 nitrogen and oxygen atoms in total. The average molecular weight is 406 g/mol. The summed E-state index contributed by atoms with van der Waals surface area (Å²) in [4.78, 5) is 0. The Balaban J connectivity index is 3.03. The summed E-state index contributed by atoms with van der Waals surface area (Å²) in [6.45, 7) is 8.31. The van der Waals surface area contributed by atoms with Gasteiger partial charge in [0.1, 0.15) is 0 Å². The second-order valence-electron chi connectivity index (χ2n) is 5.81. The smallest absolute Gasteiger partial charge is 0.309 e. The van der Waals surface area contributed by atoms with Crippen LogP contribution in [0, 0.1) is 5.92 Å². The molecule has 1 aromatic carbocycles. The molecule has 0 fully saturated rings. The first-order valence-electron chi connectivity index (χ1n) is 9.20. The van der Waals surface area contributed by atoms with E-state index >= 15 is 0 Å². The lowest BCUT2D eigenvalue weighted by molar-refractivity contribution is 0.209. The zero-order chi connectivity index (χ0) is 19.5. The van der Waals surface area contributed by atoms with Crippen LogP contribution in [0.4, 0.5) is 0 Å². The third-order valence-corrected chi connectivity index (χ3v) is 8.17. The van der Waals surface area contributed by atoms with Gasteiger partial charge in [-0.05, 0) is 45.6 Å². The van der Waals surface area contributed by atoms with Crippen molar-refractivity contribution in [2.45, 2.75) is 34.1 Å². The summed E-state index contributed by atoms with van der Waals surface area (Å²) in [5, 5.41) is 0. The highest BCUT2D eigenvalue weighted by Crippen LogP contribution is 2.55. The molecule has 0 spiro atoms. The monoisotopic (exact) mass is 406 g/mol. The van der Waals surface area contributed by atoms with Crippen LogP contribution in [0.3, 0.4) is 0 Å². The summed E-state index contributed by atoms with van der Waals surface area (Å²) in [7, 11) is -6.54. The van der Waals surface area contributed by atoms with Crippen LogP contribution in [0.5, 0.6) is 0 Å². The summed E-state index contributed by atoms with van der Waals surface area (Å²) >= 11 is 0. The maximum absolute atomic E-state index is 13.0. The predicted molar refractivity (Wildman–Crippen MR) is 105 cm³/mol. The molecule has 1 rings (SSSR count). The van der Waals surface area contributed by atoms with Gasteiger partial charge in [0, 0.05) is 0 Å². The summed E-state index contributed by atoms with van der Waals surface area (Å²) < 4.78 is 47.7. The van der Waals surface area contributed by atoms with Gasteiger partial charge < -0.3 is 18.1 Å². The fraction of sp³-hybridized carbons (Fsp3) is 0.667. The molecule has 0 aliphatic heterocycles. The van der Waals surface area contributed by atoms with Gasteiger partial charge in [0.15, 0.2) is 0 Å². The van der Waals surface area contributed by atoms with E-state index in [1.54, 1.807) is 27.7 Å². The standard InChI is InChI=1S/C18H32O6P2/c1-5-21-25(19,22-6-2)15-18(14-17-12-10-9-11-13-17)16-26(20,23-7-3)24-8-4/h9-13,18H,5-8,14-16H2,1-4H3. The van der Waals surface area contributed by atoms with Crippen LogP contribution < -0.4 is 0 Å². The Labute approximate surface area is 157 Å². The molecule has 26 heavy (non-hydrogen) atoms. The Morgan fingerprint density at radius 3 is 1.46 bits per heavy atom. The van der Waals surface area contributed by atoms with Crippen LogP contribution in [0.2, 0.25) is 0 Å². The zero-order valence-electron chi connectivity index (χ0n) is 16.3. The van der Waals surface area contributed by atoms with Crippen molar-refractivity contribution in [2.75, 3.05) is 38.8 Å². The van der Waals surface area contributed by atoms with E-state index in [1.807, 2.05) is 30.3 Å². The first-order valence-corrected chi connectivity index (χ1v) is 12.7. The molecular formula is C18H32O6P2. The van der Waals surface area contributed by atoms with Gasteiger partial charge in [-0.3, -0.25) is 9.13 Å². The van der Waals surface area contributed by atoms with Crippen LogP contribution in [-0.4, -0.2) is 38.8 Å². The minimum absolute atomic E-state index is 0.174. The third kappa shape index (κ3) is 8.47. The van der Waals surface area contributed by atoms with Crippen LogP contribution >= 0.6 is 15.2 Å². The van der Waals surface area contributed by atoms with Gasteiger partial charge in [0.2, 0.25) is 0 Å². The van der Waals surface area contributed by atoms with Crippen molar-refractivity contribution in [3.05, 3.63) is 35.9 Å².